The molecule has 2 amide bonds. The number of anilines is 1. The number of sulfonamides is 1. The molecule has 1 unspecified atom stereocenters. The van der Waals surface area contributed by atoms with Gasteiger partial charge in [-0.25, -0.2) is 8.42 Å². The zero-order valence-electron chi connectivity index (χ0n) is 23.8. The molecule has 1 atom stereocenters. The molecule has 0 heterocycles. The maximum absolute atomic E-state index is 14.1. The summed E-state index contributed by atoms with van der Waals surface area (Å²) in [6.07, 6.45) is 0.363. The van der Waals surface area contributed by atoms with Crippen LogP contribution in [0.15, 0.2) is 83.8 Å². The zero-order valence-corrected chi connectivity index (χ0v) is 24.6. The van der Waals surface area contributed by atoms with Gasteiger partial charge >= 0.3 is 0 Å². The molecule has 0 aliphatic carbocycles. The van der Waals surface area contributed by atoms with Crippen molar-refractivity contribution in [2.75, 3.05) is 24.5 Å². The van der Waals surface area contributed by atoms with Crippen LogP contribution in [0.3, 0.4) is 0 Å². The van der Waals surface area contributed by atoms with E-state index < -0.39 is 28.5 Å². The number of carbonyl (C=O) groups is 2. The Morgan fingerprint density at radius 1 is 0.925 bits per heavy atom. The molecular formula is C31H39N3O5S. The lowest BCUT2D eigenvalue weighted by atomic mass is 10.1. The van der Waals surface area contributed by atoms with Crippen LogP contribution in [0, 0.1) is 12.8 Å². The van der Waals surface area contributed by atoms with E-state index in [0.717, 1.165) is 15.4 Å². The average Bonchev–Trinajstić information content (AvgIpc) is 2.95. The zero-order chi connectivity index (χ0) is 29.3. The molecule has 0 aliphatic heterocycles. The van der Waals surface area contributed by atoms with Crippen LogP contribution < -0.4 is 14.4 Å². The summed E-state index contributed by atoms with van der Waals surface area (Å²) in [5.41, 5.74) is 1.97. The predicted molar refractivity (Wildman–Crippen MR) is 158 cm³/mol. The highest BCUT2D eigenvalue weighted by atomic mass is 32.2. The number of ether oxygens (including phenoxy) is 1. The number of aryl methyl sites for hydroxylation is 1. The first-order valence-electron chi connectivity index (χ1n) is 13.4. The van der Waals surface area contributed by atoms with Crippen molar-refractivity contribution >= 4 is 27.5 Å². The van der Waals surface area contributed by atoms with Crippen LogP contribution in [0.5, 0.6) is 5.75 Å². The minimum absolute atomic E-state index is 0.0492. The molecule has 40 heavy (non-hydrogen) atoms. The Labute approximate surface area is 238 Å². The van der Waals surface area contributed by atoms with Crippen molar-refractivity contribution in [2.24, 2.45) is 5.92 Å². The van der Waals surface area contributed by atoms with E-state index in [0.29, 0.717) is 18.7 Å². The quantitative estimate of drug-likeness (QED) is 0.322. The second kappa shape index (κ2) is 14.0. The molecule has 3 aromatic carbocycles. The van der Waals surface area contributed by atoms with Crippen molar-refractivity contribution in [2.45, 2.75) is 51.6 Å². The summed E-state index contributed by atoms with van der Waals surface area (Å²) >= 11 is 0. The van der Waals surface area contributed by atoms with Crippen molar-refractivity contribution in [1.82, 2.24) is 10.2 Å². The van der Waals surface area contributed by atoms with Crippen LogP contribution in [0.2, 0.25) is 0 Å². The van der Waals surface area contributed by atoms with E-state index in [9.17, 15) is 18.0 Å². The second-order valence-electron chi connectivity index (χ2n) is 10.1. The first-order valence-corrected chi connectivity index (χ1v) is 14.9. The Hall–Kier alpha value is -3.85. The smallest absolute Gasteiger partial charge is 0.264 e. The van der Waals surface area contributed by atoms with Gasteiger partial charge in [0.15, 0.2) is 0 Å². The third kappa shape index (κ3) is 7.63. The summed E-state index contributed by atoms with van der Waals surface area (Å²) in [7, 11) is -2.72. The third-order valence-electron chi connectivity index (χ3n) is 6.51. The van der Waals surface area contributed by atoms with E-state index in [1.54, 1.807) is 36.4 Å². The van der Waals surface area contributed by atoms with Crippen LogP contribution in [0.25, 0.3) is 0 Å². The fourth-order valence-electron chi connectivity index (χ4n) is 4.31. The molecule has 0 bridgehead atoms. The molecule has 1 N–H and O–H groups in total. The van der Waals surface area contributed by atoms with Crippen LogP contribution in [-0.4, -0.2) is 51.4 Å². The highest BCUT2D eigenvalue weighted by molar-refractivity contribution is 7.92. The molecule has 9 heteroatoms. The first-order chi connectivity index (χ1) is 19.1. The monoisotopic (exact) mass is 565 g/mol. The summed E-state index contributed by atoms with van der Waals surface area (Å²) in [5, 5.41) is 2.93. The number of methoxy groups -OCH3 is 1. The number of benzene rings is 3. The Kier molecular flexibility index (Phi) is 10.7. The molecule has 8 nitrogen and oxygen atoms in total. The Morgan fingerprint density at radius 2 is 1.55 bits per heavy atom. The molecule has 0 aliphatic rings. The first kappa shape index (κ1) is 30.7. The van der Waals surface area contributed by atoms with E-state index in [1.807, 2.05) is 58.0 Å². The summed E-state index contributed by atoms with van der Waals surface area (Å²) in [4.78, 5) is 28.9. The normalized spacial score (nSPS) is 12.1. The maximum atomic E-state index is 14.1. The topological polar surface area (TPSA) is 96.0 Å². The Morgan fingerprint density at radius 3 is 2.15 bits per heavy atom. The molecule has 0 saturated heterocycles. The van der Waals surface area contributed by atoms with Crippen LogP contribution in [-0.2, 0) is 26.2 Å². The van der Waals surface area contributed by atoms with Crippen LogP contribution in [0.1, 0.15) is 38.3 Å². The van der Waals surface area contributed by atoms with Crippen LogP contribution in [0.4, 0.5) is 5.69 Å². The second-order valence-corrected chi connectivity index (χ2v) is 11.9. The lowest BCUT2D eigenvalue weighted by molar-refractivity contribution is -0.140. The van der Waals surface area contributed by atoms with E-state index in [4.69, 9.17) is 4.74 Å². The summed E-state index contributed by atoms with van der Waals surface area (Å²) in [6, 6.07) is 21.7. The van der Waals surface area contributed by atoms with Crippen molar-refractivity contribution in [3.05, 3.63) is 90.0 Å². The molecule has 0 spiro atoms. The van der Waals surface area contributed by atoms with Crippen molar-refractivity contribution in [1.29, 1.82) is 0 Å². The number of nitrogens with zero attached hydrogens (tertiary/aromatic N) is 2. The van der Waals surface area contributed by atoms with Gasteiger partial charge in [-0.15, -0.1) is 0 Å². The molecule has 3 rings (SSSR count). The standard InChI is InChI=1S/C31H39N3O5S/c1-6-27(31(36)32-20-23(2)3)33(21-25-12-8-7-9-13-25)30(35)22-34(28-14-10-11-15-29(28)39-5)40(37,38)26-18-16-24(4)17-19-26/h7-19,23,27H,6,20-22H2,1-5H3,(H,32,36). The van der Waals surface area contributed by atoms with Gasteiger partial charge in [0.2, 0.25) is 11.8 Å². The maximum Gasteiger partial charge on any atom is 0.264 e. The SMILES string of the molecule is CCC(C(=O)NCC(C)C)N(Cc1ccccc1)C(=O)CN(c1ccccc1OC)S(=O)(=O)c1ccc(C)cc1. The molecule has 0 saturated carbocycles. The van der Waals surface area contributed by atoms with Crippen LogP contribution >= 0.6 is 0 Å². The highest BCUT2D eigenvalue weighted by Gasteiger charge is 2.34. The van der Waals surface area contributed by atoms with Gasteiger partial charge in [-0.05, 0) is 49.1 Å². The summed E-state index contributed by atoms with van der Waals surface area (Å²) in [5.74, 6) is -0.231. The number of nitrogens with one attached hydrogen (secondary N) is 1. The van der Waals surface area contributed by atoms with Gasteiger partial charge < -0.3 is 15.0 Å². The summed E-state index contributed by atoms with van der Waals surface area (Å²) in [6.45, 7) is 7.80. The predicted octanol–water partition coefficient (Wildman–Crippen LogP) is 4.78. The van der Waals surface area contributed by atoms with Crippen molar-refractivity contribution < 1.29 is 22.7 Å². The van der Waals surface area contributed by atoms with E-state index in [2.05, 4.69) is 5.32 Å². The number of hydrogen-bond acceptors (Lipinski definition) is 5. The van der Waals surface area contributed by atoms with Gasteiger partial charge in [0, 0.05) is 13.1 Å². The molecule has 3 aromatic rings. The van der Waals surface area contributed by atoms with Gasteiger partial charge in [-0.3, -0.25) is 13.9 Å². The number of amides is 2. The van der Waals surface area contributed by atoms with Gasteiger partial charge in [0.1, 0.15) is 18.3 Å². The molecule has 0 radical (unpaired) electrons. The fourth-order valence-corrected chi connectivity index (χ4v) is 5.73. The number of para-hydroxylation sites is 2. The molecule has 0 aromatic heterocycles. The van der Waals surface area contributed by atoms with Gasteiger partial charge in [-0.2, -0.15) is 0 Å². The van der Waals surface area contributed by atoms with E-state index in [-0.39, 0.29) is 29.0 Å². The Bertz CT molecular complexity index is 1380. The van der Waals surface area contributed by atoms with E-state index in [1.165, 1.54) is 24.1 Å². The average molecular weight is 566 g/mol. The van der Waals surface area contributed by atoms with Gasteiger partial charge in [0.05, 0.1) is 17.7 Å². The third-order valence-corrected chi connectivity index (χ3v) is 8.28. The lowest BCUT2D eigenvalue weighted by Crippen LogP contribution is -2.52. The lowest BCUT2D eigenvalue weighted by Gasteiger charge is -2.33. The Balaban J connectivity index is 2.07. The molecule has 214 valence electrons. The summed E-state index contributed by atoms with van der Waals surface area (Å²) < 4.78 is 34.5. The molecule has 0 fully saturated rings. The molecular weight excluding hydrogens is 526 g/mol. The largest absolute Gasteiger partial charge is 0.495 e. The highest BCUT2D eigenvalue weighted by Crippen LogP contribution is 2.32. The fraction of sp³-hybridized carbons (Fsp3) is 0.355. The van der Waals surface area contributed by atoms with Gasteiger partial charge in [-0.1, -0.05) is 80.9 Å². The van der Waals surface area contributed by atoms with Gasteiger partial charge in [0.25, 0.3) is 10.0 Å². The van der Waals surface area contributed by atoms with Crippen molar-refractivity contribution in [3.63, 3.8) is 0 Å². The van der Waals surface area contributed by atoms with Crippen molar-refractivity contribution in [3.8, 4) is 5.75 Å². The number of rotatable bonds is 13. The number of carbonyl (C=O) groups excluding carboxylic acids is 2. The minimum Gasteiger partial charge on any atom is -0.495 e. The van der Waals surface area contributed by atoms with E-state index >= 15 is 0 Å². The number of hydrogen-bond donors (Lipinski definition) is 1. The minimum atomic E-state index is -4.17.